The highest BCUT2D eigenvalue weighted by Crippen LogP contribution is 2.35. The first-order chi connectivity index (χ1) is 12.5. The average Bonchev–Trinajstić information content (AvgIpc) is 3.08. The zero-order valence-electron chi connectivity index (χ0n) is 16.9. The first-order valence-corrected chi connectivity index (χ1v) is 10.2. The van der Waals surface area contributed by atoms with Crippen molar-refractivity contribution in [3.8, 4) is 0 Å². The van der Waals surface area contributed by atoms with Crippen molar-refractivity contribution in [3.05, 3.63) is 34.4 Å². The van der Waals surface area contributed by atoms with E-state index in [1.54, 1.807) is 0 Å². The number of aryl methyl sites for hydroxylation is 3. The predicted octanol–water partition coefficient (Wildman–Crippen LogP) is 5.72. The molecule has 0 amide bonds. The molecule has 0 aliphatic heterocycles. The van der Waals surface area contributed by atoms with E-state index in [1.165, 1.54) is 0 Å². The summed E-state index contributed by atoms with van der Waals surface area (Å²) in [6.45, 7) is 8.56. The summed E-state index contributed by atoms with van der Waals surface area (Å²) in [4.78, 5) is 26.2. The topological polar surface area (TPSA) is 43.4 Å². The summed E-state index contributed by atoms with van der Waals surface area (Å²) in [7, 11) is 0. The molecular weight excluding hydrogens is 324 g/mol. The lowest BCUT2D eigenvalue weighted by Crippen LogP contribution is -2.33. The zero-order chi connectivity index (χ0) is 19.1. The number of rotatable bonds is 9. The molecule has 26 heavy (non-hydrogen) atoms. The fourth-order valence-corrected chi connectivity index (χ4v) is 4.32. The van der Waals surface area contributed by atoms with Gasteiger partial charge in [-0.05, 0) is 57.1 Å². The van der Waals surface area contributed by atoms with Gasteiger partial charge >= 0.3 is 5.97 Å². The molecule has 0 heterocycles. The summed E-state index contributed by atoms with van der Waals surface area (Å²) in [5.74, 6) is -0.849. The average molecular weight is 359 g/mol. The maximum atomic E-state index is 13.4. The molecule has 1 aliphatic rings. The standard InChI is InChI=1S/C23H34O3/c1-5-6-7-10-13-26-23(25)21(19-11-8-9-12-19)22(24)20-17(3)14-16(2)15-18(20)4/h14-15,19,21H,5-13H2,1-4H3. The molecule has 0 aromatic heterocycles. The molecule has 2 rings (SSSR count). The molecule has 0 radical (unpaired) electrons. The van der Waals surface area contributed by atoms with Crippen molar-refractivity contribution in [2.24, 2.45) is 11.8 Å². The van der Waals surface area contributed by atoms with Crippen LogP contribution in [0.1, 0.15) is 85.3 Å². The Balaban J connectivity index is 2.16. The minimum absolute atomic E-state index is 0.0366. The Labute approximate surface area is 158 Å². The summed E-state index contributed by atoms with van der Waals surface area (Å²) < 4.78 is 5.55. The molecule has 3 nitrogen and oxygen atoms in total. The van der Waals surface area contributed by atoms with Crippen molar-refractivity contribution < 1.29 is 14.3 Å². The van der Waals surface area contributed by atoms with E-state index in [0.717, 1.165) is 73.6 Å². The number of hydrogen-bond acceptors (Lipinski definition) is 3. The van der Waals surface area contributed by atoms with Crippen molar-refractivity contribution in [2.75, 3.05) is 6.61 Å². The molecule has 0 saturated heterocycles. The number of Topliss-reactive ketones (excluding diaryl/α,β-unsaturated/α-hetero) is 1. The normalized spacial score (nSPS) is 15.8. The molecular formula is C23H34O3. The molecule has 0 spiro atoms. The number of benzene rings is 1. The summed E-state index contributed by atoms with van der Waals surface area (Å²) in [6.07, 6.45) is 8.37. The van der Waals surface area contributed by atoms with Gasteiger partial charge in [0.2, 0.25) is 0 Å². The highest BCUT2D eigenvalue weighted by atomic mass is 16.5. The molecule has 0 bridgehead atoms. The highest BCUT2D eigenvalue weighted by molar-refractivity contribution is 6.10. The van der Waals surface area contributed by atoms with Gasteiger partial charge in [0.15, 0.2) is 5.78 Å². The third kappa shape index (κ3) is 5.18. The number of ketones is 1. The molecule has 1 atom stereocenters. The predicted molar refractivity (Wildman–Crippen MR) is 106 cm³/mol. The third-order valence-electron chi connectivity index (χ3n) is 5.57. The van der Waals surface area contributed by atoms with Crippen LogP contribution in [0.25, 0.3) is 0 Å². The minimum atomic E-state index is -0.635. The Morgan fingerprint density at radius 2 is 1.65 bits per heavy atom. The second-order valence-corrected chi connectivity index (χ2v) is 7.89. The van der Waals surface area contributed by atoms with Crippen molar-refractivity contribution >= 4 is 11.8 Å². The lowest BCUT2D eigenvalue weighted by atomic mass is 9.82. The van der Waals surface area contributed by atoms with Gasteiger partial charge in [-0.25, -0.2) is 0 Å². The lowest BCUT2D eigenvalue weighted by Gasteiger charge is -2.23. The van der Waals surface area contributed by atoms with Crippen LogP contribution in [0.5, 0.6) is 0 Å². The van der Waals surface area contributed by atoms with Crippen LogP contribution in [-0.4, -0.2) is 18.4 Å². The molecule has 144 valence electrons. The molecule has 1 fully saturated rings. The Bertz CT molecular complexity index is 603. The third-order valence-corrected chi connectivity index (χ3v) is 5.57. The Morgan fingerprint density at radius 3 is 2.23 bits per heavy atom. The summed E-state index contributed by atoms with van der Waals surface area (Å²) in [6, 6.07) is 4.06. The maximum absolute atomic E-state index is 13.4. The van der Waals surface area contributed by atoms with Crippen LogP contribution in [0.15, 0.2) is 12.1 Å². The molecule has 1 aliphatic carbocycles. The number of carbonyl (C=O) groups is 2. The van der Waals surface area contributed by atoms with Gasteiger partial charge in [-0.2, -0.15) is 0 Å². The van der Waals surface area contributed by atoms with Crippen molar-refractivity contribution in [1.82, 2.24) is 0 Å². The minimum Gasteiger partial charge on any atom is -0.465 e. The zero-order valence-corrected chi connectivity index (χ0v) is 16.9. The number of esters is 1. The van der Waals surface area contributed by atoms with Crippen LogP contribution in [0.3, 0.4) is 0 Å². The van der Waals surface area contributed by atoms with Crippen LogP contribution in [0.2, 0.25) is 0 Å². The lowest BCUT2D eigenvalue weighted by molar-refractivity contribution is -0.148. The Kier molecular flexibility index (Phi) is 7.86. The highest BCUT2D eigenvalue weighted by Gasteiger charge is 2.38. The summed E-state index contributed by atoms with van der Waals surface area (Å²) in [5, 5.41) is 0. The van der Waals surface area contributed by atoms with Gasteiger partial charge in [0.1, 0.15) is 5.92 Å². The fourth-order valence-electron chi connectivity index (χ4n) is 4.32. The fraction of sp³-hybridized carbons (Fsp3) is 0.652. The van der Waals surface area contributed by atoms with E-state index < -0.39 is 5.92 Å². The summed E-state index contributed by atoms with van der Waals surface area (Å²) in [5.41, 5.74) is 3.79. The van der Waals surface area contributed by atoms with E-state index in [0.29, 0.717) is 6.61 Å². The van der Waals surface area contributed by atoms with E-state index in [-0.39, 0.29) is 17.7 Å². The van der Waals surface area contributed by atoms with Crippen molar-refractivity contribution in [2.45, 2.75) is 79.1 Å². The van der Waals surface area contributed by atoms with Crippen LogP contribution in [-0.2, 0) is 9.53 Å². The Hall–Kier alpha value is -1.64. The van der Waals surface area contributed by atoms with Crippen LogP contribution in [0.4, 0.5) is 0 Å². The number of hydrogen-bond donors (Lipinski definition) is 0. The largest absolute Gasteiger partial charge is 0.465 e. The van der Waals surface area contributed by atoms with Crippen LogP contribution in [0, 0.1) is 32.6 Å². The number of ether oxygens (including phenoxy) is 1. The first-order valence-electron chi connectivity index (χ1n) is 10.2. The van der Waals surface area contributed by atoms with Crippen molar-refractivity contribution in [3.63, 3.8) is 0 Å². The van der Waals surface area contributed by atoms with E-state index in [9.17, 15) is 9.59 Å². The van der Waals surface area contributed by atoms with Crippen LogP contribution < -0.4 is 0 Å². The summed E-state index contributed by atoms with van der Waals surface area (Å²) >= 11 is 0. The number of unbranched alkanes of at least 4 members (excludes halogenated alkanes) is 3. The van der Waals surface area contributed by atoms with E-state index >= 15 is 0 Å². The quantitative estimate of drug-likeness (QED) is 0.245. The molecule has 1 aromatic rings. The van der Waals surface area contributed by atoms with Gasteiger partial charge in [0.25, 0.3) is 0 Å². The molecule has 1 aromatic carbocycles. The van der Waals surface area contributed by atoms with Crippen LogP contribution >= 0.6 is 0 Å². The molecule has 1 unspecified atom stereocenters. The Morgan fingerprint density at radius 1 is 1.04 bits per heavy atom. The van der Waals surface area contributed by atoms with Gasteiger partial charge in [-0.3, -0.25) is 9.59 Å². The van der Waals surface area contributed by atoms with E-state index in [4.69, 9.17) is 4.74 Å². The van der Waals surface area contributed by atoms with E-state index in [1.807, 2.05) is 32.9 Å². The monoisotopic (exact) mass is 358 g/mol. The van der Waals surface area contributed by atoms with Gasteiger partial charge in [0.05, 0.1) is 6.61 Å². The SMILES string of the molecule is CCCCCCOC(=O)C(C(=O)c1c(C)cc(C)cc1C)C1CCCC1. The molecule has 0 N–H and O–H groups in total. The molecule has 1 saturated carbocycles. The maximum Gasteiger partial charge on any atom is 0.317 e. The van der Waals surface area contributed by atoms with Gasteiger partial charge in [-0.1, -0.05) is 56.7 Å². The number of carbonyl (C=O) groups excluding carboxylic acids is 2. The second kappa shape index (κ2) is 9.89. The van der Waals surface area contributed by atoms with Crippen molar-refractivity contribution in [1.29, 1.82) is 0 Å². The molecule has 3 heteroatoms. The van der Waals surface area contributed by atoms with Gasteiger partial charge in [0, 0.05) is 5.56 Å². The van der Waals surface area contributed by atoms with E-state index in [2.05, 4.69) is 6.92 Å². The smallest absolute Gasteiger partial charge is 0.317 e. The van der Waals surface area contributed by atoms with Gasteiger partial charge < -0.3 is 4.74 Å². The second-order valence-electron chi connectivity index (χ2n) is 7.89. The van der Waals surface area contributed by atoms with Gasteiger partial charge in [-0.15, -0.1) is 0 Å². The first kappa shape index (κ1) is 20.7.